The van der Waals surface area contributed by atoms with Crippen LogP contribution in [0.2, 0.25) is 0 Å². The van der Waals surface area contributed by atoms with E-state index in [1.807, 2.05) is 24.3 Å². The molecule has 4 heteroatoms. The number of nitrogens with zero attached hydrogens (tertiary/aromatic N) is 2. The molecule has 0 atom stereocenters. The van der Waals surface area contributed by atoms with Gasteiger partial charge in [-0.25, -0.2) is 4.98 Å². The van der Waals surface area contributed by atoms with E-state index >= 15 is 0 Å². The summed E-state index contributed by atoms with van der Waals surface area (Å²) < 4.78 is 2.04. The number of hydrogen-bond donors (Lipinski definition) is 0. The molecule has 0 aliphatic carbocycles. The zero-order valence-corrected chi connectivity index (χ0v) is 10.7. The topological polar surface area (TPSA) is 34.4 Å². The van der Waals surface area contributed by atoms with Gasteiger partial charge in [-0.3, -0.25) is 9.20 Å². The molecule has 84 valence electrons. The molecule has 0 radical (unpaired) electrons. The lowest BCUT2D eigenvalue weighted by Gasteiger charge is -1.96. The van der Waals surface area contributed by atoms with Crippen molar-refractivity contribution in [2.24, 2.45) is 0 Å². The molecule has 2 aromatic heterocycles. The minimum Gasteiger partial charge on any atom is -0.295 e. The molecule has 0 fully saturated rings. The van der Waals surface area contributed by atoms with Crippen LogP contribution < -0.4 is 0 Å². The highest BCUT2D eigenvalue weighted by Gasteiger charge is 2.09. The zero-order valence-electron chi connectivity index (χ0n) is 9.87. The van der Waals surface area contributed by atoms with Crippen LogP contribution in [-0.4, -0.2) is 15.2 Å². The third-order valence-corrected chi connectivity index (χ3v) is 3.47. The molecule has 16 heavy (non-hydrogen) atoms. The molecule has 0 saturated carbocycles. The molecule has 0 spiro atoms. The lowest BCUT2D eigenvalue weighted by molar-refractivity contribution is -0.113. The molecule has 0 aliphatic rings. The normalized spacial score (nSPS) is 12.4. The maximum atomic E-state index is 11.2. The number of ketones is 1. The minimum absolute atomic E-state index is 0.0984. The Morgan fingerprint density at radius 1 is 1.44 bits per heavy atom. The largest absolute Gasteiger partial charge is 0.295 e. The van der Waals surface area contributed by atoms with Crippen LogP contribution in [0.5, 0.6) is 0 Å². The quantitative estimate of drug-likeness (QED) is 0.749. The number of allylic oxidation sites excluding steroid dienone is 1. The summed E-state index contributed by atoms with van der Waals surface area (Å²) in [6.07, 6.45) is 3.96. The molecule has 0 unspecified atom stereocenters. The highest BCUT2D eigenvalue weighted by molar-refractivity contribution is 7.17. The van der Waals surface area contributed by atoms with E-state index in [9.17, 15) is 4.79 Å². The number of aryl methyl sites for hydroxylation is 2. The monoisotopic (exact) mass is 234 g/mol. The summed E-state index contributed by atoms with van der Waals surface area (Å²) in [6.45, 7) is 7.44. The van der Waals surface area contributed by atoms with Crippen molar-refractivity contribution in [3.8, 4) is 0 Å². The first-order chi connectivity index (χ1) is 7.49. The number of hydrogen-bond acceptors (Lipinski definition) is 3. The summed E-state index contributed by atoms with van der Waals surface area (Å²) in [5.41, 5.74) is 2.73. The molecule has 0 N–H and O–H groups in total. The van der Waals surface area contributed by atoms with Crippen molar-refractivity contribution in [2.45, 2.75) is 27.7 Å². The zero-order chi connectivity index (χ0) is 11.9. The predicted octanol–water partition coefficient (Wildman–Crippen LogP) is 3.00. The summed E-state index contributed by atoms with van der Waals surface area (Å²) in [6, 6.07) is 0. The van der Waals surface area contributed by atoms with Crippen molar-refractivity contribution in [1.82, 2.24) is 9.38 Å². The number of rotatable bonds is 2. The summed E-state index contributed by atoms with van der Waals surface area (Å²) in [4.78, 5) is 17.9. The number of Topliss-reactive ketones (excluding diaryl/α,β-unsaturated/α-hetero) is 1. The molecule has 0 aromatic carbocycles. The summed E-state index contributed by atoms with van der Waals surface area (Å²) in [5.74, 6) is 0.0984. The second-order valence-corrected chi connectivity index (χ2v) is 5.17. The van der Waals surface area contributed by atoms with E-state index in [0.29, 0.717) is 0 Å². The van der Waals surface area contributed by atoms with Gasteiger partial charge in [0.25, 0.3) is 0 Å². The van der Waals surface area contributed by atoms with Crippen molar-refractivity contribution in [2.75, 3.05) is 0 Å². The highest BCUT2D eigenvalue weighted by Crippen LogP contribution is 2.22. The van der Waals surface area contributed by atoms with Crippen molar-refractivity contribution in [3.05, 3.63) is 28.0 Å². The first-order valence-electron chi connectivity index (χ1n) is 5.13. The Labute approximate surface area is 98.4 Å². The molecule has 0 saturated heterocycles. The molecular weight excluding hydrogens is 220 g/mol. The standard InChI is InChI=1S/C12H14N2OS/c1-7(10(4)15)5-11-9(3)13-12-14(11)6-8(2)16-12/h5-6H,1-4H3. The smallest absolute Gasteiger partial charge is 0.194 e. The second-order valence-electron chi connectivity index (χ2n) is 3.96. The van der Waals surface area contributed by atoms with Gasteiger partial charge in [0, 0.05) is 11.1 Å². The van der Waals surface area contributed by atoms with Crippen LogP contribution in [-0.2, 0) is 4.79 Å². The summed E-state index contributed by atoms with van der Waals surface area (Å²) >= 11 is 1.66. The van der Waals surface area contributed by atoms with E-state index in [2.05, 4.69) is 18.1 Å². The Hall–Kier alpha value is -1.42. The Bertz CT molecular complexity index is 589. The first-order valence-corrected chi connectivity index (χ1v) is 5.95. The van der Waals surface area contributed by atoms with Gasteiger partial charge in [0.15, 0.2) is 10.7 Å². The molecule has 2 rings (SSSR count). The Kier molecular flexibility index (Phi) is 2.68. The van der Waals surface area contributed by atoms with Crippen LogP contribution in [0, 0.1) is 13.8 Å². The van der Waals surface area contributed by atoms with Crippen molar-refractivity contribution >= 4 is 28.2 Å². The Morgan fingerprint density at radius 3 is 2.75 bits per heavy atom. The minimum atomic E-state index is 0.0984. The average Bonchev–Trinajstić information content (AvgIpc) is 2.65. The van der Waals surface area contributed by atoms with Crippen molar-refractivity contribution in [3.63, 3.8) is 0 Å². The lowest BCUT2D eigenvalue weighted by atomic mass is 10.1. The Balaban J connectivity index is 2.62. The van der Waals surface area contributed by atoms with Gasteiger partial charge in [-0.1, -0.05) is 0 Å². The molecule has 3 nitrogen and oxygen atoms in total. The van der Waals surface area contributed by atoms with E-state index in [1.165, 1.54) is 4.88 Å². The van der Waals surface area contributed by atoms with Crippen LogP contribution in [0.3, 0.4) is 0 Å². The van der Waals surface area contributed by atoms with Crippen molar-refractivity contribution < 1.29 is 4.79 Å². The third-order valence-electron chi connectivity index (χ3n) is 2.57. The van der Waals surface area contributed by atoms with E-state index in [1.54, 1.807) is 18.3 Å². The van der Waals surface area contributed by atoms with Gasteiger partial charge in [-0.2, -0.15) is 0 Å². The lowest BCUT2D eigenvalue weighted by Crippen LogP contribution is -1.93. The maximum absolute atomic E-state index is 11.2. The fourth-order valence-corrected chi connectivity index (χ4v) is 2.44. The molecular formula is C12H14N2OS. The van der Waals surface area contributed by atoms with E-state index in [0.717, 1.165) is 21.9 Å². The van der Waals surface area contributed by atoms with Gasteiger partial charge in [0.2, 0.25) is 0 Å². The average molecular weight is 234 g/mol. The number of fused-ring (bicyclic) bond motifs is 1. The molecule has 2 heterocycles. The van der Waals surface area contributed by atoms with Gasteiger partial charge in [0.05, 0.1) is 11.4 Å². The number of carbonyl (C=O) groups is 1. The van der Waals surface area contributed by atoms with Crippen LogP contribution in [0.15, 0.2) is 11.8 Å². The summed E-state index contributed by atoms with van der Waals surface area (Å²) in [5, 5.41) is 0. The van der Waals surface area contributed by atoms with Crippen LogP contribution >= 0.6 is 11.3 Å². The molecule has 0 amide bonds. The number of carbonyl (C=O) groups excluding carboxylic acids is 1. The van der Waals surface area contributed by atoms with Gasteiger partial charge >= 0.3 is 0 Å². The van der Waals surface area contributed by atoms with Crippen LogP contribution in [0.4, 0.5) is 0 Å². The van der Waals surface area contributed by atoms with Gasteiger partial charge in [-0.05, 0) is 39.3 Å². The van der Waals surface area contributed by atoms with Gasteiger partial charge in [-0.15, -0.1) is 11.3 Å². The number of thiazole rings is 1. The fourth-order valence-electron chi connectivity index (χ4n) is 1.56. The van der Waals surface area contributed by atoms with E-state index < -0.39 is 0 Å². The van der Waals surface area contributed by atoms with Crippen LogP contribution in [0.25, 0.3) is 11.0 Å². The first kappa shape index (κ1) is 11.1. The maximum Gasteiger partial charge on any atom is 0.194 e. The Morgan fingerprint density at radius 2 is 2.12 bits per heavy atom. The molecule has 0 bridgehead atoms. The fraction of sp³-hybridized carbons (Fsp3) is 0.333. The third kappa shape index (κ3) is 1.80. The summed E-state index contributed by atoms with van der Waals surface area (Å²) in [7, 11) is 0. The molecule has 2 aromatic rings. The van der Waals surface area contributed by atoms with Crippen molar-refractivity contribution in [1.29, 1.82) is 0 Å². The second kappa shape index (κ2) is 3.87. The predicted molar refractivity (Wildman–Crippen MR) is 66.9 cm³/mol. The SMILES string of the molecule is CC(=O)C(C)=Cc1c(C)nc2sc(C)cn12. The molecule has 0 aliphatic heterocycles. The number of aromatic nitrogens is 2. The van der Waals surface area contributed by atoms with E-state index in [-0.39, 0.29) is 5.78 Å². The van der Waals surface area contributed by atoms with Gasteiger partial charge < -0.3 is 0 Å². The number of imidazole rings is 1. The highest BCUT2D eigenvalue weighted by atomic mass is 32.1. The van der Waals surface area contributed by atoms with Crippen LogP contribution in [0.1, 0.15) is 30.1 Å². The van der Waals surface area contributed by atoms with E-state index in [4.69, 9.17) is 0 Å². The van der Waals surface area contributed by atoms with Gasteiger partial charge in [0.1, 0.15) is 0 Å².